The molecular formula is C15H20ClF2NO. The number of nitrogens with one attached hydrogen (secondary N) is 1. The largest absolute Gasteiger partial charge is 0.381 e. The molecule has 2 nitrogen and oxygen atoms in total. The zero-order valence-corrected chi connectivity index (χ0v) is 12.4. The van der Waals surface area contributed by atoms with Crippen LogP contribution < -0.4 is 5.32 Å². The van der Waals surface area contributed by atoms with Gasteiger partial charge in [-0.25, -0.2) is 8.78 Å². The predicted octanol–water partition coefficient (Wildman–Crippen LogP) is 4.09. The molecule has 1 aliphatic rings. The minimum Gasteiger partial charge on any atom is -0.381 e. The fraction of sp³-hybridized carbons (Fsp3) is 0.600. The summed E-state index contributed by atoms with van der Waals surface area (Å²) in [6, 6.07) is 2.23. The second-order valence-corrected chi connectivity index (χ2v) is 5.58. The van der Waals surface area contributed by atoms with Crippen molar-refractivity contribution in [3.63, 3.8) is 0 Å². The molecule has 1 saturated heterocycles. The van der Waals surface area contributed by atoms with Crippen LogP contribution in [-0.2, 0) is 4.74 Å². The van der Waals surface area contributed by atoms with Crippen molar-refractivity contribution in [2.24, 2.45) is 5.92 Å². The van der Waals surface area contributed by atoms with Crippen LogP contribution in [0.15, 0.2) is 12.1 Å². The Morgan fingerprint density at radius 2 is 1.95 bits per heavy atom. The Balaban J connectivity index is 2.27. The van der Waals surface area contributed by atoms with Crippen molar-refractivity contribution < 1.29 is 13.5 Å². The Labute approximate surface area is 123 Å². The summed E-state index contributed by atoms with van der Waals surface area (Å²) >= 11 is 6.12. The van der Waals surface area contributed by atoms with Gasteiger partial charge >= 0.3 is 0 Å². The van der Waals surface area contributed by atoms with Gasteiger partial charge in [-0.15, -0.1) is 0 Å². The highest BCUT2D eigenvalue weighted by atomic mass is 35.5. The summed E-state index contributed by atoms with van der Waals surface area (Å²) in [7, 11) is 0. The molecule has 0 saturated carbocycles. The lowest BCUT2D eigenvalue weighted by molar-refractivity contribution is 0.0536. The molecule has 0 aliphatic carbocycles. The quantitative estimate of drug-likeness (QED) is 0.827. The Kier molecular flexibility index (Phi) is 5.75. The number of rotatable bonds is 5. The Hall–Kier alpha value is -0.710. The molecule has 2 rings (SSSR count). The molecule has 1 heterocycles. The highest BCUT2D eigenvalue weighted by Gasteiger charge is 2.27. The summed E-state index contributed by atoms with van der Waals surface area (Å²) in [4.78, 5) is 0. The molecule has 0 amide bonds. The fourth-order valence-electron chi connectivity index (χ4n) is 2.66. The highest BCUT2D eigenvalue weighted by Crippen LogP contribution is 2.34. The van der Waals surface area contributed by atoms with Gasteiger partial charge in [-0.3, -0.25) is 0 Å². The first-order valence-corrected chi connectivity index (χ1v) is 7.46. The smallest absolute Gasteiger partial charge is 0.160 e. The van der Waals surface area contributed by atoms with Crippen molar-refractivity contribution in [2.75, 3.05) is 19.8 Å². The van der Waals surface area contributed by atoms with Gasteiger partial charge in [0.15, 0.2) is 11.6 Å². The Morgan fingerprint density at radius 3 is 2.60 bits per heavy atom. The van der Waals surface area contributed by atoms with Gasteiger partial charge in [0.2, 0.25) is 0 Å². The number of halogens is 3. The van der Waals surface area contributed by atoms with Gasteiger partial charge in [-0.1, -0.05) is 18.5 Å². The van der Waals surface area contributed by atoms with Crippen LogP contribution in [0.4, 0.5) is 8.78 Å². The third-order valence-electron chi connectivity index (χ3n) is 3.73. The molecule has 0 radical (unpaired) electrons. The van der Waals surface area contributed by atoms with E-state index in [0.29, 0.717) is 24.7 Å². The normalized spacial score (nSPS) is 18.2. The van der Waals surface area contributed by atoms with Gasteiger partial charge in [-0.05, 0) is 49.4 Å². The maximum Gasteiger partial charge on any atom is 0.160 e. The zero-order valence-electron chi connectivity index (χ0n) is 11.6. The van der Waals surface area contributed by atoms with Crippen LogP contribution >= 0.6 is 11.6 Å². The summed E-state index contributed by atoms with van der Waals surface area (Å²) in [6.45, 7) is 4.30. The Morgan fingerprint density at radius 1 is 1.30 bits per heavy atom. The molecule has 0 spiro atoms. The number of ether oxygens (including phenoxy) is 1. The van der Waals surface area contributed by atoms with E-state index in [1.807, 2.05) is 0 Å². The van der Waals surface area contributed by atoms with E-state index in [4.69, 9.17) is 16.3 Å². The summed E-state index contributed by atoms with van der Waals surface area (Å²) in [5.74, 6) is -1.42. The van der Waals surface area contributed by atoms with Gasteiger partial charge in [0.25, 0.3) is 0 Å². The van der Waals surface area contributed by atoms with Crippen molar-refractivity contribution in [2.45, 2.75) is 32.2 Å². The van der Waals surface area contributed by atoms with Gasteiger partial charge in [-0.2, -0.15) is 0 Å². The van der Waals surface area contributed by atoms with Crippen molar-refractivity contribution in [1.29, 1.82) is 0 Å². The lowest BCUT2D eigenvalue weighted by atomic mass is 9.87. The van der Waals surface area contributed by atoms with Gasteiger partial charge in [0, 0.05) is 24.3 Å². The van der Waals surface area contributed by atoms with E-state index < -0.39 is 11.6 Å². The van der Waals surface area contributed by atoms with Crippen LogP contribution in [0.5, 0.6) is 0 Å². The average molecular weight is 304 g/mol. The molecule has 1 aromatic carbocycles. The molecule has 1 aliphatic heterocycles. The third kappa shape index (κ3) is 3.68. The highest BCUT2D eigenvalue weighted by molar-refractivity contribution is 6.31. The number of benzene rings is 1. The molecule has 0 aromatic heterocycles. The first-order chi connectivity index (χ1) is 9.63. The summed E-state index contributed by atoms with van der Waals surface area (Å²) < 4.78 is 32.1. The van der Waals surface area contributed by atoms with Crippen LogP contribution in [0.25, 0.3) is 0 Å². The van der Waals surface area contributed by atoms with Gasteiger partial charge in [0.1, 0.15) is 0 Å². The van der Waals surface area contributed by atoms with E-state index in [1.54, 1.807) is 0 Å². The fourth-order valence-corrected chi connectivity index (χ4v) is 2.92. The lowest BCUT2D eigenvalue weighted by Crippen LogP contribution is -2.33. The van der Waals surface area contributed by atoms with Gasteiger partial charge in [0.05, 0.1) is 0 Å². The van der Waals surface area contributed by atoms with E-state index >= 15 is 0 Å². The lowest BCUT2D eigenvalue weighted by Gasteiger charge is -2.32. The molecule has 20 heavy (non-hydrogen) atoms. The molecule has 1 unspecified atom stereocenters. The van der Waals surface area contributed by atoms with Crippen molar-refractivity contribution >= 4 is 11.6 Å². The molecule has 1 N–H and O–H groups in total. The Bertz CT molecular complexity index is 450. The summed E-state index contributed by atoms with van der Waals surface area (Å²) in [5, 5.41) is 3.70. The molecule has 112 valence electrons. The van der Waals surface area contributed by atoms with E-state index in [-0.39, 0.29) is 11.1 Å². The summed E-state index contributed by atoms with van der Waals surface area (Å²) in [6.07, 6.45) is 2.77. The maximum absolute atomic E-state index is 13.5. The molecule has 1 atom stereocenters. The van der Waals surface area contributed by atoms with Crippen LogP contribution in [0.2, 0.25) is 5.02 Å². The zero-order chi connectivity index (χ0) is 14.5. The SMILES string of the molecule is CCCNC(c1cc(F)c(F)cc1Cl)C1CCOCC1. The second-order valence-electron chi connectivity index (χ2n) is 5.17. The first kappa shape index (κ1) is 15.7. The topological polar surface area (TPSA) is 21.3 Å². The standard InChI is InChI=1S/C15H20ClF2NO/c1-2-5-19-15(10-3-6-20-7-4-10)11-8-13(17)14(18)9-12(11)16/h8-10,15,19H,2-7H2,1H3. The van der Waals surface area contributed by atoms with E-state index in [0.717, 1.165) is 31.9 Å². The van der Waals surface area contributed by atoms with Crippen molar-refractivity contribution in [3.8, 4) is 0 Å². The van der Waals surface area contributed by atoms with Crippen LogP contribution in [-0.4, -0.2) is 19.8 Å². The maximum atomic E-state index is 13.5. The molecular weight excluding hydrogens is 284 g/mol. The van der Waals surface area contributed by atoms with E-state index in [1.165, 1.54) is 6.07 Å². The minimum absolute atomic E-state index is 0.0542. The van der Waals surface area contributed by atoms with Crippen LogP contribution in [0, 0.1) is 17.6 Å². The molecule has 1 aromatic rings. The molecule has 0 bridgehead atoms. The second kappa shape index (κ2) is 7.34. The minimum atomic E-state index is -0.903. The summed E-state index contributed by atoms with van der Waals surface area (Å²) in [5.41, 5.74) is 0.644. The first-order valence-electron chi connectivity index (χ1n) is 7.09. The van der Waals surface area contributed by atoms with Crippen molar-refractivity contribution in [3.05, 3.63) is 34.4 Å². The number of hydrogen-bond acceptors (Lipinski definition) is 2. The molecule has 5 heteroatoms. The van der Waals surface area contributed by atoms with E-state index in [2.05, 4.69) is 12.2 Å². The van der Waals surface area contributed by atoms with Gasteiger partial charge < -0.3 is 10.1 Å². The predicted molar refractivity (Wildman–Crippen MR) is 75.9 cm³/mol. The van der Waals surface area contributed by atoms with Crippen molar-refractivity contribution in [1.82, 2.24) is 5.32 Å². The van der Waals surface area contributed by atoms with E-state index in [9.17, 15) is 8.78 Å². The third-order valence-corrected chi connectivity index (χ3v) is 4.05. The van der Waals surface area contributed by atoms with Crippen LogP contribution in [0.1, 0.15) is 37.8 Å². The molecule has 1 fully saturated rings. The average Bonchev–Trinajstić information content (AvgIpc) is 2.45. The van der Waals surface area contributed by atoms with Crippen LogP contribution in [0.3, 0.4) is 0 Å². The number of hydrogen-bond donors (Lipinski definition) is 1. The monoisotopic (exact) mass is 303 g/mol.